The maximum absolute atomic E-state index is 14.3. The van der Waals surface area contributed by atoms with E-state index in [1.807, 2.05) is 109 Å². The molecular weight excluding hydrogens is 496 g/mol. The maximum atomic E-state index is 14.3. The molecule has 0 spiro atoms. The first-order valence-electron chi connectivity index (χ1n) is 13.7. The zero-order chi connectivity index (χ0) is 27.7. The van der Waals surface area contributed by atoms with E-state index in [0.29, 0.717) is 36.3 Å². The Hall–Kier alpha value is -4.64. The van der Waals surface area contributed by atoms with Crippen LogP contribution < -0.4 is 15.0 Å². The predicted molar refractivity (Wildman–Crippen MR) is 158 cm³/mol. The molecule has 1 amide bonds. The number of carbonyl (C=O) groups is 2. The van der Waals surface area contributed by atoms with Gasteiger partial charge in [-0.25, -0.2) is 0 Å². The number of amides is 1. The van der Waals surface area contributed by atoms with Gasteiger partial charge in [-0.3, -0.25) is 14.5 Å². The highest BCUT2D eigenvalue weighted by Gasteiger charge is 2.43. The first-order valence-corrected chi connectivity index (χ1v) is 13.7. The molecule has 0 bridgehead atoms. The molecule has 1 N–H and O–H groups in total. The van der Waals surface area contributed by atoms with E-state index in [1.54, 1.807) is 4.90 Å². The van der Waals surface area contributed by atoms with Crippen LogP contribution in [-0.2, 0) is 11.4 Å². The SMILES string of the molecule is CC1(C)CC(=O)C2=C(C1)Nc1ccccc1N(C(=O)c1ccccc1)[C@H]2c1cccc(OCc2ccccc2)c1. The molecule has 2 aliphatic rings. The van der Waals surface area contributed by atoms with Crippen LogP contribution in [0.3, 0.4) is 0 Å². The van der Waals surface area contributed by atoms with E-state index in [-0.39, 0.29) is 17.1 Å². The summed E-state index contributed by atoms with van der Waals surface area (Å²) >= 11 is 0. The normalized spacial score (nSPS) is 17.8. The number of hydrogen-bond acceptors (Lipinski definition) is 4. The van der Waals surface area contributed by atoms with Gasteiger partial charge < -0.3 is 10.1 Å². The molecule has 1 atom stereocenters. The molecule has 0 aromatic heterocycles. The van der Waals surface area contributed by atoms with Gasteiger partial charge in [0.25, 0.3) is 5.91 Å². The van der Waals surface area contributed by atoms with Crippen molar-refractivity contribution in [3.63, 3.8) is 0 Å². The molecule has 5 nitrogen and oxygen atoms in total. The zero-order valence-electron chi connectivity index (χ0n) is 22.8. The molecule has 1 heterocycles. The Balaban J connectivity index is 1.51. The summed E-state index contributed by atoms with van der Waals surface area (Å²) in [5, 5.41) is 3.58. The highest BCUT2D eigenvalue weighted by Crippen LogP contribution is 2.49. The van der Waals surface area contributed by atoms with Crippen molar-refractivity contribution in [2.24, 2.45) is 5.41 Å². The van der Waals surface area contributed by atoms with E-state index >= 15 is 0 Å². The van der Waals surface area contributed by atoms with E-state index in [2.05, 4.69) is 19.2 Å². The molecule has 0 saturated carbocycles. The highest BCUT2D eigenvalue weighted by molar-refractivity contribution is 6.12. The van der Waals surface area contributed by atoms with Crippen LogP contribution in [0.5, 0.6) is 5.75 Å². The van der Waals surface area contributed by atoms with Gasteiger partial charge in [0.1, 0.15) is 12.4 Å². The molecule has 0 fully saturated rings. The molecule has 0 radical (unpaired) electrons. The number of anilines is 2. The van der Waals surface area contributed by atoms with Crippen molar-refractivity contribution < 1.29 is 14.3 Å². The summed E-state index contributed by atoms with van der Waals surface area (Å²) in [7, 11) is 0. The average Bonchev–Trinajstić information content (AvgIpc) is 3.10. The Kier molecular flexibility index (Phi) is 6.72. The molecule has 4 aromatic carbocycles. The number of ketones is 1. The Bertz CT molecular complexity index is 1590. The predicted octanol–water partition coefficient (Wildman–Crippen LogP) is 7.72. The number of para-hydroxylation sites is 2. The fourth-order valence-corrected chi connectivity index (χ4v) is 5.76. The van der Waals surface area contributed by atoms with Crippen molar-refractivity contribution in [2.75, 3.05) is 10.2 Å². The van der Waals surface area contributed by atoms with E-state index in [4.69, 9.17) is 4.74 Å². The van der Waals surface area contributed by atoms with E-state index in [1.165, 1.54) is 0 Å². The van der Waals surface area contributed by atoms with Crippen LogP contribution in [0.15, 0.2) is 120 Å². The van der Waals surface area contributed by atoms with Gasteiger partial charge in [-0.1, -0.05) is 86.6 Å². The summed E-state index contributed by atoms with van der Waals surface area (Å²) in [6.45, 7) is 4.66. The lowest BCUT2D eigenvalue weighted by Gasteiger charge is -2.37. The second-order valence-electron chi connectivity index (χ2n) is 11.3. The summed E-state index contributed by atoms with van der Waals surface area (Å²) in [6, 6.07) is 34.2. The number of rotatable bonds is 5. The second kappa shape index (κ2) is 10.5. The summed E-state index contributed by atoms with van der Waals surface area (Å²) < 4.78 is 6.18. The van der Waals surface area contributed by atoms with Crippen molar-refractivity contribution in [2.45, 2.75) is 39.3 Å². The van der Waals surface area contributed by atoms with Crippen LogP contribution in [0.2, 0.25) is 0 Å². The summed E-state index contributed by atoms with van der Waals surface area (Å²) in [6.07, 6.45) is 1.12. The average molecular weight is 529 g/mol. The van der Waals surface area contributed by atoms with Crippen LogP contribution in [0.25, 0.3) is 0 Å². The van der Waals surface area contributed by atoms with Gasteiger partial charge in [-0.15, -0.1) is 0 Å². The number of carbonyl (C=O) groups excluding carboxylic acids is 2. The quantitative estimate of drug-likeness (QED) is 0.288. The molecule has 0 unspecified atom stereocenters. The molecular formula is C35H32N2O3. The van der Waals surface area contributed by atoms with E-state index < -0.39 is 6.04 Å². The van der Waals surface area contributed by atoms with Gasteiger partial charge in [-0.2, -0.15) is 0 Å². The van der Waals surface area contributed by atoms with Gasteiger partial charge in [-0.05, 0) is 59.4 Å². The summed E-state index contributed by atoms with van der Waals surface area (Å²) in [5.41, 5.74) is 5.32. The lowest BCUT2D eigenvalue weighted by atomic mass is 9.73. The highest BCUT2D eigenvalue weighted by atomic mass is 16.5. The lowest BCUT2D eigenvalue weighted by Crippen LogP contribution is -2.39. The van der Waals surface area contributed by atoms with Gasteiger partial charge >= 0.3 is 0 Å². The zero-order valence-corrected chi connectivity index (χ0v) is 22.8. The maximum Gasteiger partial charge on any atom is 0.259 e. The number of nitrogens with one attached hydrogen (secondary N) is 1. The summed E-state index contributed by atoms with van der Waals surface area (Å²) in [4.78, 5) is 30.1. The third kappa shape index (κ3) is 5.03. The number of Topliss-reactive ketones (excluding diaryl/α,β-unsaturated/α-hetero) is 1. The lowest BCUT2D eigenvalue weighted by molar-refractivity contribution is -0.118. The fourth-order valence-electron chi connectivity index (χ4n) is 5.76. The van der Waals surface area contributed by atoms with Gasteiger partial charge in [0.2, 0.25) is 0 Å². The number of allylic oxidation sites excluding steroid dienone is 1. The minimum Gasteiger partial charge on any atom is -0.489 e. The van der Waals surface area contributed by atoms with Crippen molar-refractivity contribution >= 4 is 23.1 Å². The monoisotopic (exact) mass is 528 g/mol. The first-order chi connectivity index (χ1) is 19.4. The van der Waals surface area contributed by atoms with Crippen LogP contribution >= 0.6 is 0 Å². The largest absolute Gasteiger partial charge is 0.489 e. The molecule has 4 aromatic rings. The smallest absolute Gasteiger partial charge is 0.259 e. The van der Waals surface area contributed by atoms with Crippen LogP contribution in [-0.4, -0.2) is 11.7 Å². The summed E-state index contributed by atoms with van der Waals surface area (Å²) in [5.74, 6) is 0.574. The van der Waals surface area contributed by atoms with Gasteiger partial charge in [0.15, 0.2) is 5.78 Å². The second-order valence-corrected chi connectivity index (χ2v) is 11.3. The molecule has 5 heteroatoms. The molecule has 0 saturated heterocycles. The molecule has 6 rings (SSSR count). The van der Waals surface area contributed by atoms with Gasteiger partial charge in [0, 0.05) is 23.3 Å². The van der Waals surface area contributed by atoms with Crippen molar-refractivity contribution in [3.05, 3.63) is 137 Å². The topological polar surface area (TPSA) is 58.6 Å². The Labute approximate surface area is 235 Å². The number of hydrogen-bond donors (Lipinski definition) is 1. The molecule has 40 heavy (non-hydrogen) atoms. The third-order valence-corrected chi connectivity index (χ3v) is 7.56. The van der Waals surface area contributed by atoms with Crippen molar-refractivity contribution in [1.29, 1.82) is 0 Å². The van der Waals surface area contributed by atoms with E-state index in [9.17, 15) is 9.59 Å². The minimum atomic E-state index is -0.622. The Morgan fingerprint density at radius 1 is 0.875 bits per heavy atom. The van der Waals surface area contributed by atoms with Crippen LogP contribution in [0.4, 0.5) is 11.4 Å². The van der Waals surface area contributed by atoms with Crippen LogP contribution in [0, 0.1) is 5.41 Å². The molecule has 1 aliphatic carbocycles. The van der Waals surface area contributed by atoms with Crippen LogP contribution in [0.1, 0.15) is 54.2 Å². The van der Waals surface area contributed by atoms with E-state index in [0.717, 1.165) is 28.2 Å². The Morgan fingerprint density at radius 3 is 2.35 bits per heavy atom. The standard InChI is InChI=1S/C35H32N2O3/c1-35(2)21-29-32(31(38)22-35)33(26-16-11-17-27(20-26)40-23-24-12-5-3-6-13-24)37(30-19-10-9-18-28(30)36-29)34(39)25-14-7-4-8-15-25/h3-20,33,36H,21-23H2,1-2H3/t33-/m0/s1. The Morgan fingerprint density at radius 2 is 1.57 bits per heavy atom. The first kappa shape index (κ1) is 25.6. The number of nitrogens with zero attached hydrogens (tertiary/aromatic N) is 1. The van der Waals surface area contributed by atoms with Crippen molar-refractivity contribution in [3.8, 4) is 5.75 Å². The molecule has 1 aliphatic heterocycles. The minimum absolute atomic E-state index is 0.0537. The van der Waals surface area contributed by atoms with Crippen molar-refractivity contribution in [1.82, 2.24) is 0 Å². The fraction of sp³-hybridized carbons (Fsp3) is 0.200. The number of fused-ring (bicyclic) bond motifs is 1. The molecule has 200 valence electrons. The number of benzene rings is 4. The third-order valence-electron chi connectivity index (χ3n) is 7.56. The van der Waals surface area contributed by atoms with Gasteiger partial charge in [0.05, 0.1) is 17.4 Å². The number of ether oxygens (including phenoxy) is 1.